The number of para-hydroxylation sites is 1. The highest BCUT2D eigenvalue weighted by molar-refractivity contribution is 7.15. The summed E-state index contributed by atoms with van der Waals surface area (Å²) in [6.07, 6.45) is 0.627. The third-order valence-electron chi connectivity index (χ3n) is 4.70. The van der Waals surface area contributed by atoms with E-state index in [4.69, 9.17) is 9.15 Å². The van der Waals surface area contributed by atoms with Gasteiger partial charge < -0.3 is 14.5 Å². The van der Waals surface area contributed by atoms with E-state index in [1.807, 2.05) is 6.92 Å². The first-order valence-electron chi connectivity index (χ1n) is 9.86. The molecule has 1 amide bonds. The first-order valence-corrected chi connectivity index (χ1v) is 10.7. The fourth-order valence-corrected chi connectivity index (χ4v) is 4.10. The van der Waals surface area contributed by atoms with Gasteiger partial charge in [0.1, 0.15) is 27.5 Å². The minimum Gasteiger partial charge on any atom is -0.462 e. The Hall–Kier alpha value is -3.78. The topological polar surface area (TPSA) is 85.6 Å². The molecule has 1 N–H and O–H groups in total. The highest BCUT2D eigenvalue weighted by atomic mass is 32.1. The standard InChI is InChI=1S/C24H18FNO5S/c1-2-11-30-24(29)20-18(14-7-9-16(25)10-8-14)13-32-22(20)26-21(27)17-12-15-5-3-4-6-19(15)31-23(17)28/h3-10,12-13H,2,11H2,1H3,(H,26,27). The molecule has 0 saturated heterocycles. The second kappa shape index (κ2) is 9.15. The van der Waals surface area contributed by atoms with E-state index >= 15 is 0 Å². The number of ether oxygens (including phenoxy) is 1. The van der Waals surface area contributed by atoms with E-state index in [1.165, 1.54) is 30.3 Å². The number of thiophene rings is 1. The average molecular weight is 451 g/mol. The van der Waals surface area contributed by atoms with Crippen LogP contribution in [-0.4, -0.2) is 18.5 Å². The van der Waals surface area contributed by atoms with Gasteiger partial charge in [0.05, 0.1) is 6.61 Å². The highest BCUT2D eigenvalue weighted by Gasteiger charge is 2.24. The molecule has 0 saturated carbocycles. The van der Waals surface area contributed by atoms with E-state index in [0.717, 1.165) is 11.3 Å². The predicted octanol–water partition coefficient (Wildman–Crippen LogP) is 5.48. The van der Waals surface area contributed by atoms with Crippen LogP contribution in [0.3, 0.4) is 0 Å². The number of anilines is 1. The predicted molar refractivity (Wildman–Crippen MR) is 121 cm³/mol. The number of carbonyl (C=O) groups is 2. The molecule has 4 aromatic rings. The van der Waals surface area contributed by atoms with Gasteiger partial charge in [0.2, 0.25) is 0 Å². The van der Waals surface area contributed by atoms with Crippen molar-refractivity contribution in [3.63, 3.8) is 0 Å². The van der Waals surface area contributed by atoms with Crippen LogP contribution in [0.1, 0.15) is 34.1 Å². The Kier molecular flexibility index (Phi) is 6.13. The number of amides is 1. The lowest BCUT2D eigenvalue weighted by molar-refractivity contribution is 0.0507. The second-order valence-corrected chi connectivity index (χ2v) is 7.82. The van der Waals surface area contributed by atoms with Gasteiger partial charge in [-0.25, -0.2) is 14.0 Å². The summed E-state index contributed by atoms with van der Waals surface area (Å²) < 4.78 is 23.9. The summed E-state index contributed by atoms with van der Waals surface area (Å²) in [7, 11) is 0. The van der Waals surface area contributed by atoms with Crippen LogP contribution in [0.5, 0.6) is 0 Å². The third kappa shape index (κ3) is 4.31. The van der Waals surface area contributed by atoms with Gasteiger partial charge in [-0.1, -0.05) is 37.3 Å². The smallest absolute Gasteiger partial charge is 0.349 e. The maximum Gasteiger partial charge on any atom is 0.349 e. The lowest BCUT2D eigenvalue weighted by atomic mass is 10.0. The quantitative estimate of drug-likeness (QED) is 0.310. The van der Waals surface area contributed by atoms with Gasteiger partial charge in [-0.05, 0) is 36.2 Å². The first kappa shape index (κ1) is 21.5. The van der Waals surface area contributed by atoms with Crippen molar-refractivity contribution < 1.29 is 23.1 Å². The number of hydrogen-bond donors (Lipinski definition) is 1. The van der Waals surface area contributed by atoms with Gasteiger partial charge in [0.25, 0.3) is 5.91 Å². The molecule has 0 aliphatic rings. The Bertz CT molecular complexity index is 1360. The zero-order chi connectivity index (χ0) is 22.7. The second-order valence-electron chi connectivity index (χ2n) is 6.94. The number of esters is 1. The maximum absolute atomic E-state index is 13.4. The molecule has 4 rings (SSSR count). The summed E-state index contributed by atoms with van der Waals surface area (Å²) in [5, 5.41) is 5.13. The Morgan fingerprint density at radius 2 is 1.88 bits per heavy atom. The van der Waals surface area contributed by atoms with Gasteiger partial charge in [0.15, 0.2) is 0 Å². The van der Waals surface area contributed by atoms with Crippen molar-refractivity contribution in [1.82, 2.24) is 0 Å². The minimum absolute atomic E-state index is 0.147. The number of nitrogens with one attached hydrogen (secondary N) is 1. The lowest BCUT2D eigenvalue weighted by Gasteiger charge is -2.09. The van der Waals surface area contributed by atoms with Crippen LogP contribution < -0.4 is 10.9 Å². The van der Waals surface area contributed by atoms with Crippen molar-refractivity contribution in [1.29, 1.82) is 0 Å². The number of halogens is 1. The van der Waals surface area contributed by atoms with Crippen LogP contribution in [0, 0.1) is 5.82 Å². The molecule has 0 radical (unpaired) electrons. The molecule has 8 heteroatoms. The molecule has 0 atom stereocenters. The zero-order valence-corrected chi connectivity index (χ0v) is 17.8. The summed E-state index contributed by atoms with van der Waals surface area (Å²) in [6, 6.07) is 13.9. The van der Waals surface area contributed by atoms with Crippen LogP contribution in [0.25, 0.3) is 22.1 Å². The summed E-state index contributed by atoms with van der Waals surface area (Å²) in [6.45, 7) is 2.07. The minimum atomic E-state index is -0.786. The molecular weight excluding hydrogens is 433 g/mol. The molecule has 2 aromatic heterocycles. The van der Waals surface area contributed by atoms with Crippen molar-refractivity contribution >= 4 is 39.2 Å². The summed E-state index contributed by atoms with van der Waals surface area (Å²) >= 11 is 1.11. The molecule has 6 nitrogen and oxygen atoms in total. The molecule has 2 aromatic carbocycles. The third-order valence-corrected chi connectivity index (χ3v) is 5.60. The monoisotopic (exact) mass is 451 g/mol. The van der Waals surface area contributed by atoms with E-state index in [-0.39, 0.29) is 22.7 Å². The molecule has 0 spiro atoms. The number of benzene rings is 2. The van der Waals surface area contributed by atoms with Gasteiger partial charge in [0, 0.05) is 16.3 Å². The number of carbonyl (C=O) groups excluding carboxylic acids is 2. The summed E-state index contributed by atoms with van der Waals surface area (Å²) in [5.41, 5.74) is 0.634. The molecule has 0 aliphatic heterocycles. The van der Waals surface area contributed by atoms with Crippen molar-refractivity contribution in [2.75, 3.05) is 11.9 Å². The van der Waals surface area contributed by atoms with Gasteiger partial charge in [-0.2, -0.15) is 0 Å². The van der Waals surface area contributed by atoms with Crippen LogP contribution in [-0.2, 0) is 4.74 Å². The van der Waals surface area contributed by atoms with Gasteiger partial charge in [-0.3, -0.25) is 4.79 Å². The molecule has 0 fully saturated rings. The Morgan fingerprint density at radius 1 is 1.12 bits per heavy atom. The van der Waals surface area contributed by atoms with E-state index in [9.17, 15) is 18.8 Å². The molecule has 2 heterocycles. The molecule has 0 aliphatic carbocycles. The van der Waals surface area contributed by atoms with E-state index in [1.54, 1.807) is 29.6 Å². The number of fused-ring (bicyclic) bond motifs is 1. The van der Waals surface area contributed by atoms with Crippen LogP contribution >= 0.6 is 11.3 Å². The molecule has 162 valence electrons. The van der Waals surface area contributed by atoms with Crippen molar-refractivity contribution in [3.05, 3.63) is 87.3 Å². The van der Waals surface area contributed by atoms with E-state index in [2.05, 4.69) is 5.32 Å². The van der Waals surface area contributed by atoms with Gasteiger partial charge >= 0.3 is 11.6 Å². The lowest BCUT2D eigenvalue weighted by Crippen LogP contribution is -2.21. The molecular formula is C24H18FNO5S. The highest BCUT2D eigenvalue weighted by Crippen LogP contribution is 2.36. The van der Waals surface area contributed by atoms with Crippen LogP contribution in [0.4, 0.5) is 9.39 Å². The van der Waals surface area contributed by atoms with Crippen LogP contribution in [0.2, 0.25) is 0 Å². The van der Waals surface area contributed by atoms with E-state index < -0.39 is 23.3 Å². The SMILES string of the molecule is CCCOC(=O)c1c(-c2ccc(F)cc2)csc1NC(=O)c1cc2ccccc2oc1=O. The Labute approximate surface area is 186 Å². The largest absolute Gasteiger partial charge is 0.462 e. The molecule has 32 heavy (non-hydrogen) atoms. The number of hydrogen-bond acceptors (Lipinski definition) is 6. The Morgan fingerprint density at radius 3 is 2.62 bits per heavy atom. The van der Waals surface area contributed by atoms with Crippen molar-refractivity contribution in [2.45, 2.75) is 13.3 Å². The van der Waals surface area contributed by atoms with Crippen molar-refractivity contribution in [2.24, 2.45) is 0 Å². The zero-order valence-electron chi connectivity index (χ0n) is 17.0. The summed E-state index contributed by atoms with van der Waals surface area (Å²) in [5.74, 6) is -1.73. The fourth-order valence-electron chi connectivity index (χ4n) is 3.15. The first-order chi connectivity index (χ1) is 15.5. The van der Waals surface area contributed by atoms with Gasteiger partial charge in [-0.15, -0.1) is 11.3 Å². The molecule has 0 bridgehead atoms. The van der Waals surface area contributed by atoms with Crippen LogP contribution in [0.15, 0.2) is 69.2 Å². The maximum atomic E-state index is 13.4. The fraction of sp³-hybridized carbons (Fsp3) is 0.125. The van der Waals surface area contributed by atoms with E-state index in [0.29, 0.717) is 28.5 Å². The average Bonchev–Trinajstić information content (AvgIpc) is 3.20. The number of rotatable bonds is 6. The normalized spacial score (nSPS) is 10.8. The molecule has 0 unspecified atom stereocenters. The Balaban J connectivity index is 1.72. The van der Waals surface area contributed by atoms with Crippen molar-refractivity contribution in [3.8, 4) is 11.1 Å². The summed E-state index contributed by atoms with van der Waals surface area (Å²) in [4.78, 5) is 38.0.